The molecule has 2 heterocycles. The second-order valence-electron chi connectivity index (χ2n) is 7.80. The molecule has 0 aliphatic carbocycles. The van der Waals surface area contributed by atoms with Gasteiger partial charge in [-0.2, -0.15) is 8.42 Å². The number of nitrogens with zero attached hydrogens (tertiary/aromatic N) is 3. The van der Waals surface area contributed by atoms with Crippen molar-refractivity contribution in [2.75, 3.05) is 0 Å². The molecule has 0 spiro atoms. The largest absolute Gasteiger partial charge is 0.336 e. The first-order valence-corrected chi connectivity index (χ1v) is 12.0. The Hall–Kier alpha value is -3.50. The number of H-pyrrole nitrogens is 1. The van der Waals surface area contributed by atoms with E-state index in [1.807, 2.05) is 37.3 Å². The highest BCUT2D eigenvalue weighted by Crippen LogP contribution is 2.14. The van der Waals surface area contributed by atoms with Crippen LogP contribution >= 0.6 is 0 Å². The number of aryl methyl sites for hydroxylation is 2. The summed E-state index contributed by atoms with van der Waals surface area (Å²) in [6.45, 7) is 2.44. The Morgan fingerprint density at radius 2 is 1.64 bits per heavy atom. The second kappa shape index (κ2) is 9.16. The zero-order valence-corrected chi connectivity index (χ0v) is 18.9. The quantitative estimate of drug-likeness (QED) is 0.382. The Morgan fingerprint density at radius 3 is 2.27 bits per heavy atom. The molecule has 0 amide bonds. The molecule has 0 radical (unpaired) electrons. The van der Waals surface area contributed by atoms with Gasteiger partial charge in [0.15, 0.2) is 5.65 Å². The molecular weight excluding hydrogens is 444 g/mol. The minimum Gasteiger partial charge on any atom is -0.336 e. The number of aromatic nitrogens is 4. The van der Waals surface area contributed by atoms with Crippen molar-refractivity contribution >= 4 is 21.3 Å². The van der Waals surface area contributed by atoms with Gasteiger partial charge in [0.1, 0.15) is 11.3 Å². The monoisotopic (exact) mass is 468 g/mol. The normalized spacial score (nSPS) is 11.8. The van der Waals surface area contributed by atoms with Crippen LogP contribution in [-0.4, -0.2) is 32.1 Å². The molecule has 10 heteroatoms. The van der Waals surface area contributed by atoms with E-state index in [4.69, 9.17) is 4.55 Å². The number of benzene rings is 2. The first kappa shape index (κ1) is 22.7. The fraction of sp³-hybridized carbons (Fsp3) is 0.261. The Bertz CT molecular complexity index is 1500. The van der Waals surface area contributed by atoms with Gasteiger partial charge in [0.2, 0.25) is 0 Å². The SMILES string of the molecule is CCCn1c(=O)c2[nH]c(Cc3ccccc3)nc2n(CCc2ccc(S(=O)(=O)O)cc2)c1=O. The predicted molar refractivity (Wildman–Crippen MR) is 124 cm³/mol. The van der Waals surface area contributed by atoms with Gasteiger partial charge in [0.25, 0.3) is 15.7 Å². The van der Waals surface area contributed by atoms with Crippen LogP contribution in [0.1, 0.15) is 30.3 Å². The Morgan fingerprint density at radius 1 is 0.939 bits per heavy atom. The average molecular weight is 469 g/mol. The topological polar surface area (TPSA) is 127 Å². The van der Waals surface area contributed by atoms with Crippen LogP contribution in [0.3, 0.4) is 0 Å². The summed E-state index contributed by atoms with van der Waals surface area (Å²) in [4.78, 5) is 33.6. The van der Waals surface area contributed by atoms with Crippen LogP contribution in [0.25, 0.3) is 11.2 Å². The molecule has 0 saturated carbocycles. The number of aromatic amines is 1. The van der Waals surface area contributed by atoms with E-state index in [0.29, 0.717) is 37.3 Å². The molecule has 0 aliphatic rings. The van der Waals surface area contributed by atoms with Gasteiger partial charge < -0.3 is 4.98 Å². The molecule has 33 heavy (non-hydrogen) atoms. The number of hydrogen-bond donors (Lipinski definition) is 2. The fourth-order valence-electron chi connectivity index (χ4n) is 3.78. The van der Waals surface area contributed by atoms with Crippen LogP contribution in [0, 0.1) is 0 Å². The summed E-state index contributed by atoms with van der Waals surface area (Å²) < 4.78 is 34.3. The van der Waals surface area contributed by atoms with E-state index in [2.05, 4.69) is 9.97 Å². The molecule has 0 bridgehead atoms. The first-order valence-electron chi connectivity index (χ1n) is 10.6. The minimum absolute atomic E-state index is 0.194. The first-order chi connectivity index (χ1) is 15.8. The summed E-state index contributed by atoms with van der Waals surface area (Å²) in [6.07, 6.45) is 1.53. The van der Waals surface area contributed by atoms with Crippen LogP contribution in [0.2, 0.25) is 0 Å². The maximum Gasteiger partial charge on any atom is 0.332 e. The van der Waals surface area contributed by atoms with Crippen molar-refractivity contribution in [2.24, 2.45) is 0 Å². The summed E-state index contributed by atoms with van der Waals surface area (Å²) in [6, 6.07) is 15.5. The lowest BCUT2D eigenvalue weighted by Crippen LogP contribution is -2.40. The molecule has 4 aromatic rings. The van der Waals surface area contributed by atoms with Crippen molar-refractivity contribution < 1.29 is 13.0 Å². The van der Waals surface area contributed by atoms with E-state index in [0.717, 1.165) is 11.1 Å². The second-order valence-corrected chi connectivity index (χ2v) is 9.23. The zero-order chi connectivity index (χ0) is 23.6. The van der Waals surface area contributed by atoms with E-state index in [9.17, 15) is 18.0 Å². The van der Waals surface area contributed by atoms with Crippen LogP contribution in [0.15, 0.2) is 69.1 Å². The molecule has 2 aromatic heterocycles. The van der Waals surface area contributed by atoms with E-state index in [1.165, 1.54) is 21.3 Å². The van der Waals surface area contributed by atoms with Gasteiger partial charge in [-0.1, -0.05) is 49.4 Å². The van der Waals surface area contributed by atoms with Crippen molar-refractivity contribution in [3.05, 3.63) is 92.4 Å². The molecule has 0 aliphatic heterocycles. The molecule has 0 unspecified atom stereocenters. The Balaban J connectivity index is 1.72. The lowest BCUT2D eigenvalue weighted by molar-refractivity contribution is 0.483. The van der Waals surface area contributed by atoms with Crippen molar-refractivity contribution in [3.63, 3.8) is 0 Å². The average Bonchev–Trinajstić information content (AvgIpc) is 3.20. The maximum absolute atomic E-state index is 13.1. The number of rotatable bonds is 8. The molecule has 0 atom stereocenters. The summed E-state index contributed by atoms with van der Waals surface area (Å²) in [5.74, 6) is 0.591. The number of hydrogen-bond acceptors (Lipinski definition) is 5. The smallest absolute Gasteiger partial charge is 0.332 e. The molecule has 0 saturated heterocycles. The number of fused-ring (bicyclic) bond motifs is 1. The van der Waals surface area contributed by atoms with Crippen LogP contribution in [0.5, 0.6) is 0 Å². The van der Waals surface area contributed by atoms with Crippen molar-refractivity contribution in [2.45, 2.75) is 44.2 Å². The lowest BCUT2D eigenvalue weighted by atomic mass is 10.1. The Kier molecular flexibility index (Phi) is 6.30. The highest BCUT2D eigenvalue weighted by Gasteiger charge is 2.17. The van der Waals surface area contributed by atoms with E-state index >= 15 is 0 Å². The highest BCUT2D eigenvalue weighted by molar-refractivity contribution is 7.85. The zero-order valence-electron chi connectivity index (χ0n) is 18.1. The van der Waals surface area contributed by atoms with Crippen LogP contribution in [-0.2, 0) is 36.0 Å². The van der Waals surface area contributed by atoms with Crippen molar-refractivity contribution in [1.29, 1.82) is 0 Å². The summed E-state index contributed by atoms with van der Waals surface area (Å²) >= 11 is 0. The van der Waals surface area contributed by atoms with Gasteiger partial charge in [0.05, 0.1) is 4.90 Å². The van der Waals surface area contributed by atoms with E-state index < -0.39 is 21.4 Å². The van der Waals surface area contributed by atoms with E-state index in [-0.39, 0.29) is 17.0 Å². The third-order valence-corrected chi connectivity index (χ3v) is 6.29. The number of imidazole rings is 1. The molecule has 2 N–H and O–H groups in total. The summed E-state index contributed by atoms with van der Waals surface area (Å²) in [5, 5.41) is 0. The van der Waals surface area contributed by atoms with Gasteiger partial charge in [-0.05, 0) is 36.1 Å². The van der Waals surface area contributed by atoms with Gasteiger partial charge in [-0.3, -0.25) is 18.5 Å². The lowest BCUT2D eigenvalue weighted by Gasteiger charge is -2.11. The van der Waals surface area contributed by atoms with Crippen LogP contribution < -0.4 is 11.2 Å². The molecule has 0 fully saturated rings. The fourth-order valence-corrected chi connectivity index (χ4v) is 4.26. The summed E-state index contributed by atoms with van der Waals surface area (Å²) in [7, 11) is -4.27. The Labute approximate surface area is 190 Å². The van der Waals surface area contributed by atoms with Crippen LogP contribution in [0.4, 0.5) is 0 Å². The molecule has 172 valence electrons. The van der Waals surface area contributed by atoms with E-state index in [1.54, 1.807) is 12.1 Å². The maximum atomic E-state index is 13.1. The standard InChI is InChI=1S/C23H24N4O5S/c1-2-13-27-22(28)20-21(25-19(24-20)15-17-6-4-3-5-7-17)26(23(27)29)14-12-16-8-10-18(11-9-16)33(30,31)32/h3-11H,2,12-15H2,1H3,(H,24,25)(H,30,31,32). The predicted octanol–water partition coefficient (Wildman–Crippen LogP) is 2.38. The van der Waals surface area contributed by atoms with Gasteiger partial charge >= 0.3 is 5.69 Å². The minimum atomic E-state index is -4.27. The van der Waals surface area contributed by atoms with Gasteiger partial charge in [-0.25, -0.2) is 9.78 Å². The van der Waals surface area contributed by atoms with Crippen molar-refractivity contribution in [1.82, 2.24) is 19.1 Å². The molecule has 2 aromatic carbocycles. The molecular formula is C23H24N4O5S. The third-order valence-electron chi connectivity index (χ3n) is 5.42. The number of nitrogens with one attached hydrogen (secondary N) is 1. The third kappa shape index (κ3) is 4.81. The van der Waals surface area contributed by atoms with Gasteiger partial charge in [-0.15, -0.1) is 0 Å². The summed E-state index contributed by atoms with van der Waals surface area (Å²) in [5.41, 5.74) is 1.57. The van der Waals surface area contributed by atoms with Crippen molar-refractivity contribution in [3.8, 4) is 0 Å². The highest BCUT2D eigenvalue weighted by atomic mass is 32.2. The molecule has 9 nitrogen and oxygen atoms in total. The molecule has 4 rings (SSSR count). The van der Waals surface area contributed by atoms with Gasteiger partial charge in [0, 0.05) is 19.5 Å².